The summed E-state index contributed by atoms with van der Waals surface area (Å²) in [7, 11) is 0. The first kappa shape index (κ1) is 14.0. The van der Waals surface area contributed by atoms with Gasteiger partial charge in [0.25, 0.3) is 0 Å². The number of ketones is 1. The Kier molecular flexibility index (Phi) is 4.16. The minimum absolute atomic E-state index is 0.140. The topological polar surface area (TPSA) is 43.1 Å². The fourth-order valence-corrected chi connectivity index (χ4v) is 3.04. The van der Waals surface area contributed by atoms with Crippen molar-refractivity contribution in [3.05, 3.63) is 70.8 Å². The molecule has 2 N–H and O–H groups in total. The molecule has 2 heteroatoms. The van der Waals surface area contributed by atoms with Gasteiger partial charge in [-0.05, 0) is 42.9 Å². The zero-order chi connectivity index (χ0) is 14.7. The highest BCUT2D eigenvalue weighted by Gasteiger charge is 2.25. The predicted octanol–water partition coefficient (Wildman–Crippen LogP) is 3.69. The van der Waals surface area contributed by atoms with Crippen molar-refractivity contribution in [2.24, 2.45) is 5.73 Å². The molecule has 1 aliphatic rings. The van der Waals surface area contributed by atoms with E-state index in [1.807, 2.05) is 42.5 Å². The summed E-state index contributed by atoms with van der Waals surface area (Å²) in [5, 5.41) is 0. The van der Waals surface area contributed by atoms with E-state index in [-0.39, 0.29) is 5.78 Å². The SMILES string of the molecule is NCCc1ccccc1C(=O)c1ccccc1C1CCC1. The van der Waals surface area contributed by atoms with Gasteiger partial charge in [0, 0.05) is 11.1 Å². The Morgan fingerprint density at radius 2 is 1.67 bits per heavy atom. The summed E-state index contributed by atoms with van der Waals surface area (Å²) < 4.78 is 0. The molecule has 0 radical (unpaired) electrons. The minimum Gasteiger partial charge on any atom is -0.330 e. The molecule has 0 amide bonds. The van der Waals surface area contributed by atoms with E-state index in [0.29, 0.717) is 12.5 Å². The van der Waals surface area contributed by atoms with Crippen molar-refractivity contribution in [3.63, 3.8) is 0 Å². The van der Waals surface area contributed by atoms with Crippen molar-refractivity contribution in [3.8, 4) is 0 Å². The van der Waals surface area contributed by atoms with E-state index in [9.17, 15) is 4.79 Å². The largest absolute Gasteiger partial charge is 0.330 e. The molecule has 108 valence electrons. The Morgan fingerprint density at radius 1 is 1.00 bits per heavy atom. The zero-order valence-electron chi connectivity index (χ0n) is 12.2. The molecule has 0 saturated heterocycles. The lowest BCUT2D eigenvalue weighted by molar-refractivity contribution is 0.103. The third-order valence-corrected chi connectivity index (χ3v) is 4.43. The van der Waals surface area contributed by atoms with Crippen molar-refractivity contribution in [2.45, 2.75) is 31.6 Å². The second-order valence-corrected chi connectivity index (χ2v) is 5.74. The summed E-state index contributed by atoms with van der Waals surface area (Å²) in [5.74, 6) is 0.702. The van der Waals surface area contributed by atoms with E-state index in [4.69, 9.17) is 5.73 Å². The van der Waals surface area contributed by atoms with Crippen molar-refractivity contribution >= 4 is 5.78 Å². The normalized spacial score (nSPS) is 14.7. The lowest BCUT2D eigenvalue weighted by atomic mass is 9.77. The average molecular weight is 279 g/mol. The monoisotopic (exact) mass is 279 g/mol. The van der Waals surface area contributed by atoms with E-state index in [0.717, 1.165) is 23.1 Å². The van der Waals surface area contributed by atoms with Crippen LogP contribution in [0, 0.1) is 0 Å². The van der Waals surface area contributed by atoms with Gasteiger partial charge in [-0.3, -0.25) is 4.79 Å². The quantitative estimate of drug-likeness (QED) is 0.848. The summed E-state index contributed by atoms with van der Waals surface area (Å²) >= 11 is 0. The first-order chi connectivity index (χ1) is 10.3. The predicted molar refractivity (Wildman–Crippen MR) is 85.7 cm³/mol. The molecule has 1 fully saturated rings. The van der Waals surface area contributed by atoms with Gasteiger partial charge in [-0.25, -0.2) is 0 Å². The van der Waals surface area contributed by atoms with Gasteiger partial charge in [0.2, 0.25) is 0 Å². The summed E-state index contributed by atoms with van der Waals surface area (Å²) in [4.78, 5) is 13.0. The number of rotatable bonds is 5. The molecule has 0 atom stereocenters. The van der Waals surface area contributed by atoms with Gasteiger partial charge < -0.3 is 5.73 Å². The zero-order valence-corrected chi connectivity index (χ0v) is 12.2. The van der Waals surface area contributed by atoms with Crippen LogP contribution in [0.3, 0.4) is 0 Å². The number of hydrogen-bond acceptors (Lipinski definition) is 2. The average Bonchev–Trinajstić information content (AvgIpc) is 2.46. The summed E-state index contributed by atoms with van der Waals surface area (Å²) in [6, 6.07) is 15.9. The van der Waals surface area contributed by atoms with Crippen LogP contribution in [0.4, 0.5) is 0 Å². The number of hydrogen-bond donors (Lipinski definition) is 1. The highest BCUT2D eigenvalue weighted by atomic mass is 16.1. The molecule has 1 aliphatic carbocycles. The van der Waals surface area contributed by atoms with Gasteiger partial charge in [-0.15, -0.1) is 0 Å². The Labute approximate surface area is 126 Å². The van der Waals surface area contributed by atoms with Gasteiger partial charge in [0.05, 0.1) is 0 Å². The summed E-state index contributed by atoms with van der Waals surface area (Å²) in [6.07, 6.45) is 4.42. The number of nitrogens with two attached hydrogens (primary N) is 1. The Hall–Kier alpha value is -1.93. The van der Waals surface area contributed by atoms with Crippen LogP contribution in [-0.2, 0) is 6.42 Å². The Bertz CT molecular complexity index is 644. The minimum atomic E-state index is 0.140. The summed E-state index contributed by atoms with van der Waals surface area (Å²) in [5.41, 5.74) is 9.60. The standard InChI is InChI=1S/C19H21NO/c20-13-12-15-6-1-2-10-17(15)19(21)18-11-4-3-9-16(18)14-7-5-8-14/h1-4,6,9-11,14H,5,7-8,12-13,20H2. The molecule has 0 unspecified atom stereocenters. The molecule has 0 aliphatic heterocycles. The molecule has 0 spiro atoms. The summed E-state index contributed by atoms with van der Waals surface area (Å²) in [6.45, 7) is 0.564. The fourth-order valence-electron chi connectivity index (χ4n) is 3.04. The molecular weight excluding hydrogens is 258 g/mol. The maximum absolute atomic E-state index is 13.0. The van der Waals surface area contributed by atoms with Crippen LogP contribution < -0.4 is 5.73 Å². The third kappa shape index (κ3) is 2.77. The molecule has 0 bridgehead atoms. The Balaban J connectivity index is 1.99. The van der Waals surface area contributed by atoms with Crippen molar-refractivity contribution < 1.29 is 4.79 Å². The molecule has 1 saturated carbocycles. The first-order valence-corrected chi connectivity index (χ1v) is 7.73. The van der Waals surface area contributed by atoms with Gasteiger partial charge in [-0.1, -0.05) is 55.0 Å². The lowest BCUT2D eigenvalue weighted by Crippen LogP contribution is -2.16. The van der Waals surface area contributed by atoms with Gasteiger partial charge in [0.1, 0.15) is 0 Å². The smallest absolute Gasteiger partial charge is 0.193 e. The Morgan fingerprint density at radius 3 is 2.33 bits per heavy atom. The van der Waals surface area contributed by atoms with E-state index in [1.165, 1.54) is 24.8 Å². The van der Waals surface area contributed by atoms with Crippen molar-refractivity contribution in [1.82, 2.24) is 0 Å². The maximum Gasteiger partial charge on any atom is 0.193 e. The van der Waals surface area contributed by atoms with Crippen LogP contribution >= 0.6 is 0 Å². The van der Waals surface area contributed by atoms with Crippen LogP contribution in [-0.4, -0.2) is 12.3 Å². The molecule has 0 heterocycles. The van der Waals surface area contributed by atoms with Gasteiger partial charge >= 0.3 is 0 Å². The van der Waals surface area contributed by atoms with E-state index >= 15 is 0 Å². The second kappa shape index (κ2) is 6.23. The van der Waals surface area contributed by atoms with Crippen LogP contribution in [0.2, 0.25) is 0 Å². The van der Waals surface area contributed by atoms with E-state index < -0.39 is 0 Å². The third-order valence-electron chi connectivity index (χ3n) is 4.43. The number of benzene rings is 2. The lowest BCUT2D eigenvalue weighted by Gasteiger charge is -2.27. The second-order valence-electron chi connectivity index (χ2n) is 5.74. The molecule has 2 nitrogen and oxygen atoms in total. The van der Waals surface area contributed by atoms with Crippen LogP contribution in [0.1, 0.15) is 52.2 Å². The van der Waals surface area contributed by atoms with E-state index in [2.05, 4.69) is 6.07 Å². The van der Waals surface area contributed by atoms with E-state index in [1.54, 1.807) is 0 Å². The maximum atomic E-state index is 13.0. The van der Waals surface area contributed by atoms with Crippen LogP contribution in [0.25, 0.3) is 0 Å². The molecular formula is C19H21NO. The molecule has 2 aromatic rings. The highest BCUT2D eigenvalue weighted by Crippen LogP contribution is 2.38. The van der Waals surface area contributed by atoms with Crippen LogP contribution in [0.15, 0.2) is 48.5 Å². The van der Waals surface area contributed by atoms with Crippen LogP contribution in [0.5, 0.6) is 0 Å². The van der Waals surface area contributed by atoms with Crippen molar-refractivity contribution in [1.29, 1.82) is 0 Å². The number of carbonyl (C=O) groups is 1. The van der Waals surface area contributed by atoms with Gasteiger partial charge in [-0.2, -0.15) is 0 Å². The highest BCUT2D eigenvalue weighted by molar-refractivity contribution is 6.11. The molecule has 3 rings (SSSR count). The van der Waals surface area contributed by atoms with Gasteiger partial charge in [0.15, 0.2) is 5.78 Å². The molecule has 21 heavy (non-hydrogen) atoms. The fraction of sp³-hybridized carbons (Fsp3) is 0.316. The molecule has 0 aromatic heterocycles. The molecule has 2 aromatic carbocycles. The van der Waals surface area contributed by atoms with Crippen molar-refractivity contribution in [2.75, 3.05) is 6.54 Å². The number of carbonyl (C=O) groups excluding carboxylic acids is 1. The first-order valence-electron chi connectivity index (χ1n) is 7.73.